The topological polar surface area (TPSA) is 40.5 Å². The maximum atomic E-state index is 12.4. The first-order valence-corrected chi connectivity index (χ1v) is 7.88. The van der Waals surface area contributed by atoms with E-state index in [-0.39, 0.29) is 11.7 Å². The Morgan fingerprint density at radius 1 is 1.42 bits per heavy atom. The van der Waals surface area contributed by atoms with Gasteiger partial charge in [0, 0.05) is 15.0 Å². The highest BCUT2D eigenvalue weighted by Gasteiger charge is 2.18. The van der Waals surface area contributed by atoms with Crippen molar-refractivity contribution in [1.29, 1.82) is 0 Å². The Kier molecular flexibility index (Phi) is 4.81. The van der Waals surface area contributed by atoms with Crippen LogP contribution in [0.4, 0.5) is 0 Å². The molecule has 2 rings (SSSR count). The number of thiophene rings is 1. The highest BCUT2D eigenvalue weighted by molar-refractivity contribution is 14.1. The summed E-state index contributed by atoms with van der Waals surface area (Å²) in [6.45, 7) is 3.13. The molecule has 5 heteroatoms. The van der Waals surface area contributed by atoms with Crippen molar-refractivity contribution < 1.29 is 9.90 Å². The zero-order valence-corrected chi connectivity index (χ0v) is 13.4. The summed E-state index contributed by atoms with van der Waals surface area (Å²) in [6.07, 6.45) is 0. The van der Waals surface area contributed by atoms with Gasteiger partial charge in [0.05, 0.1) is 12.1 Å². The molecule has 0 aliphatic rings. The number of phenols is 1. The molecule has 3 nitrogen and oxygen atoms in total. The summed E-state index contributed by atoms with van der Waals surface area (Å²) >= 11 is 3.76. The van der Waals surface area contributed by atoms with Crippen LogP contribution in [0.25, 0.3) is 0 Å². The molecule has 0 aliphatic heterocycles. The van der Waals surface area contributed by atoms with E-state index in [2.05, 4.69) is 22.6 Å². The second kappa shape index (κ2) is 6.38. The number of benzene rings is 1. The van der Waals surface area contributed by atoms with Crippen molar-refractivity contribution in [2.24, 2.45) is 0 Å². The van der Waals surface area contributed by atoms with Crippen LogP contribution in [0, 0.1) is 3.57 Å². The molecule has 0 unspecified atom stereocenters. The number of halogens is 1. The Balaban J connectivity index is 2.23. The fourth-order valence-corrected chi connectivity index (χ4v) is 2.98. The quantitative estimate of drug-likeness (QED) is 0.813. The number of nitrogens with zero attached hydrogens (tertiary/aromatic N) is 1. The summed E-state index contributed by atoms with van der Waals surface area (Å²) in [5.74, 6) is -0.0954. The monoisotopic (exact) mass is 387 g/mol. The van der Waals surface area contributed by atoms with Crippen molar-refractivity contribution in [3.8, 4) is 5.75 Å². The SMILES string of the molecule is CCN(Cc1cccs1)C(=O)c1cc(I)ccc1O. The molecular formula is C14H14INO2S. The van der Waals surface area contributed by atoms with E-state index in [1.165, 1.54) is 0 Å². The lowest BCUT2D eigenvalue weighted by Crippen LogP contribution is -2.30. The first-order chi connectivity index (χ1) is 9.11. The van der Waals surface area contributed by atoms with Crippen LogP contribution in [-0.4, -0.2) is 22.5 Å². The van der Waals surface area contributed by atoms with Gasteiger partial charge in [-0.15, -0.1) is 11.3 Å². The molecule has 1 heterocycles. The van der Waals surface area contributed by atoms with Gasteiger partial charge in [0.2, 0.25) is 0 Å². The zero-order valence-electron chi connectivity index (χ0n) is 10.5. The summed E-state index contributed by atoms with van der Waals surface area (Å²) < 4.78 is 0.936. The Morgan fingerprint density at radius 2 is 2.21 bits per heavy atom. The van der Waals surface area contributed by atoms with Gasteiger partial charge in [-0.2, -0.15) is 0 Å². The number of hydrogen-bond donors (Lipinski definition) is 1. The highest BCUT2D eigenvalue weighted by atomic mass is 127. The molecule has 19 heavy (non-hydrogen) atoms. The third-order valence-electron chi connectivity index (χ3n) is 2.78. The van der Waals surface area contributed by atoms with Crippen LogP contribution in [-0.2, 0) is 6.54 Å². The van der Waals surface area contributed by atoms with Crippen molar-refractivity contribution in [1.82, 2.24) is 4.90 Å². The normalized spacial score (nSPS) is 10.4. The first-order valence-electron chi connectivity index (χ1n) is 5.92. The maximum Gasteiger partial charge on any atom is 0.257 e. The van der Waals surface area contributed by atoms with Crippen LogP contribution in [0.3, 0.4) is 0 Å². The first kappa shape index (κ1) is 14.3. The second-order valence-corrected chi connectivity index (χ2v) is 6.34. The number of carbonyl (C=O) groups excluding carboxylic acids is 1. The standard InChI is InChI=1S/C14H14INO2S/c1-2-16(9-11-4-3-7-19-11)14(18)12-8-10(15)5-6-13(12)17/h3-8,17H,2,9H2,1H3. The Bertz CT molecular complexity index is 569. The van der Waals surface area contributed by atoms with E-state index in [0.717, 1.165) is 8.45 Å². The minimum atomic E-state index is -0.132. The van der Waals surface area contributed by atoms with E-state index in [4.69, 9.17) is 0 Å². The lowest BCUT2D eigenvalue weighted by atomic mass is 10.1. The average Bonchev–Trinajstić information content (AvgIpc) is 2.91. The third kappa shape index (κ3) is 3.48. The molecule has 100 valence electrons. The third-order valence-corrected chi connectivity index (χ3v) is 4.32. The van der Waals surface area contributed by atoms with Crippen LogP contribution >= 0.6 is 33.9 Å². The molecule has 0 bridgehead atoms. The molecule has 0 spiro atoms. The molecule has 1 N–H and O–H groups in total. The van der Waals surface area contributed by atoms with Gasteiger partial charge in [-0.3, -0.25) is 4.79 Å². The summed E-state index contributed by atoms with van der Waals surface area (Å²) in [6, 6.07) is 9.04. The van der Waals surface area contributed by atoms with Gasteiger partial charge in [-0.25, -0.2) is 0 Å². The van der Waals surface area contributed by atoms with Crippen molar-refractivity contribution in [3.63, 3.8) is 0 Å². The van der Waals surface area contributed by atoms with Crippen molar-refractivity contribution in [2.45, 2.75) is 13.5 Å². The molecule has 0 saturated carbocycles. The molecule has 1 aromatic heterocycles. The molecule has 1 amide bonds. The molecule has 0 saturated heterocycles. The number of hydrogen-bond acceptors (Lipinski definition) is 3. The summed E-state index contributed by atoms with van der Waals surface area (Å²) in [5.41, 5.74) is 0.366. The van der Waals surface area contributed by atoms with Crippen LogP contribution in [0.15, 0.2) is 35.7 Å². The van der Waals surface area contributed by atoms with E-state index in [9.17, 15) is 9.90 Å². The fourth-order valence-electron chi connectivity index (χ4n) is 1.77. The second-order valence-electron chi connectivity index (χ2n) is 4.06. The molecule has 0 fully saturated rings. The summed E-state index contributed by atoms with van der Waals surface area (Å²) in [4.78, 5) is 15.3. The van der Waals surface area contributed by atoms with E-state index >= 15 is 0 Å². The van der Waals surface area contributed by atoms with Gasteiger partial charge >= 0.3 is 0 Å². The average molecular weight is 387 g/mol. The van der Waals surface area contributed by atoms with Crippen LogP contribution < -0.4 is 0 Å². The lowest BCUT2D eigenvalue weighted by molar-refractivity contribution is 0.0751. The highest BCUT2D eigenvalue weighted by Crippen LogP contribution is 2.22. The van der Waals surface area contributed by atoms with Crippen LogP contribution in [0.2, 0.25) is 0 Å². The summed E-state index contributed by atoms with van der Waals surface area (Å²) in [7, 11) is 0. The number of rotatable bonds is 4. The van der Waals surface area contributed by atoms with E-state index in [0.29, 0.717) is 18.7 Å². The van der Waals surface area contributed by atoms with Crippen molar-refractivity contribution >= 4 is 39.8 Å². The number of amides is 1. The number of phenolic OH excluding ortho intramolecular Hbond substituents is 1. The predicted octanol–water partition coefficient (Wildman–Crippen LogP) is 3.72. The lowest BCUT2D eigenvalue weighted by Gasteiger charge is -2.20. The van der Waals surface area contributed by atoms with E-state index < -0.39 is 0 Å². The molecule has 0 radical (unpaired) electrons. The minimum Gasteiger partial charge on any atom is -0.507 e. The molecule has 2 aromatic rings. The predicted molar refractivity (Wildman–Crippen MR) is 85.6 cm³/mol. The van der Waals surface area contributed by atoms with Gasteiger partial charge in [-0.05, 0) is 59.2 Å². The fraction of sp³-hybridized carbons (Fsp3) is 0.214. The van der Waals surface area contributed by atoms with Crippen molar-refractivity contribution in [3.05, 3.63) is 49.7 Å². The molecular weight excluding hydrogens is 373 g/mol. The number of carbonyl (C=O) groups is 1. The van der Waals surface area contributed by atoms with E-state index in [1.807, 2.05) is 24.4 Å². The zero-order chi connectivity index (χ0) is 13.8. The maximum absolute atomic E-state index is 12.4. The van der Waals surface area contributed by atoms with Crippen LogP contribution in [0.1, 0.15) is 22.2 Å². The molecule has 0 atom stereocenters. The van der Waals surface area contributed by atoms with Gasteiger partial charge in [0.25, 0.3) is 5.91 Å². The smallest absolute Gasteiger partial charge is 0.257 e. The summed E-state index contributed by atoms with van der Waals surface area (Å²) in [5, 5.41) is 11.8. The van der Waals surface area contributed by atoms with E-state index in [1.54, 1.807) is 34.4 Å². The Morgan fingerprint density at radius 3 is 2.84 bits per heavy atom. The van der Waals surface area contributed by atoms with Gasteiger partial charge < -0.3 is 10.0 Å². The van der Waals surface area contributed by atoms with Gasteiger partial charge in [0.15, 0.2) is 0 Å². The Hall–Kier alpha value is -1.08. The molecule has 0 aliphatic carbocycles. The van der Waals surface area contributed by atoms with Gasteiger partial charge in [-0.1, -0.05) is 6.07 Å². The van der Waals surface area contributed by atoms with Crippen LogP contribution in [0.5, 0.6) is 5.75 Å². The number of aromatic hydroxyl groups is 1. The minimum absolute atomic E-state index is 0.0371. The van der Waals surface area contributed by atoms with Crippen molar-refractivity contribution in [2.75, 3.05) is 6.54 Å². The Labute approximate surface area is 130 Å². The van der Waals surface area contributed by atoms with Gasteiger partial charge in [0.1, 0.15) is 5.75 Å². The molecule has 1 aromatic carbocycles. The largest absolute Gasteiger partial charge is 0.507 e.